The van der Waals surface area contributed by atoms with Crippen LogP contribution >= 0.6 is 0 Å². The summed E-state index contributed by atoms with van der Waals surface area (Å²) in [5, 5.41) is 0. The van der Waals surface area contributed by atoms with Gasteiger partial charge in [0.05, 0.1) is 6.61 Å². The van der Waals surface area contributed by atoms with Crippen molar-refractivity contribution in [3.63, 3.8) is 0 Å². The summed E-state index contributed by atoms with van der Waals surface area (Å²) in [6.45, 7) is 9.53. The molecule has 0 N–H and O–H groups in total. The van der Waals surface area contributed by atoms with E-state index < -0.39 is 0 Å². The number of hydrogen-bond acceptors (Lipinski definition) is 1. The maximum Gasteiger partial charge on any atom is 0.113 e. The molecule has 0 heterocycles. The van der Waals surface area contributed by atoms with Gasteiger partial charge in [0, 0.05) is 6.61 Å². The second kappa shape index (κ2) is 6.36. The van der Waals surface area contributed by atoms with Crippen LogP contribution in [0.15, 0.2) is 0 Å². The van der Waals surface area contributed by atoms with Gasteiger partial charge in [0.15, 0.2) is 0 Å². The number of hydrogen-bond donors (Lipinski definition) is 0. The monoisotopic (exact) mass is 190 g/mol. The van der Waals surface area contributed by atoms with Crippen LogP contribution in [0.5, 0.6) is 0 Å². The van der Waals surface area contributed by atoms with Gasteiger partial charge >= 0.3 is 0 Å². The Labute approximate surface area is 81.7 Å². The molecule has 13 heavy (non-hydrogen) atoms. The van der Waals surface area contributed by atoms with Gasteiger partial charge in [0.1, 0.15) is 6.67 Å². The standard InChI is InChI=1S/C11H23FO/c1-10(9-11(2,3)4)5-7-13-8-6-12/h10H,5-9H2,1-4H3. The number of ether oxygens (including phenoxy) is 1. The van der Waals surface area contributed by atoms with E-state index in [1.54, 1.807) is 0 Å². The lowest BCUT2D eigenvalue weighted by atomic mass is 9.84. The second-order valence-corrected chi connectivity index (χ2v) is 4.96. The molecule has 0 aliphatic heterocycles. The summed E-state index contributed by atoms with van der Waals surface area (Å²) >= 11 is 0. The van der Waals surface area contributed by atoms with Crippen molar-refractivity contribution in [1.29, 1.82) is 0 Å². The first kappa shape index (κ1) is 12.9. The summed E-state index contributed by atoms with van der Waals surface area (Å²) in [6, 6.07) is 0. The lowest BCUT2D eigenvalue weighted by molar-refractivity contribution is 0.103. The minimum Gasteiger partial charge on any atom is -0.379 e. The molecule has 0 bridgehead atoms. The normalized spacial score (nSPS) is 14.5. The van der Waals surface area contributed by atoms with E-state index in [0.29, 0.717) is 17.9 Å². The minimum atomic E-state index is -0.367. The molecule has 0 aromatic carbocycles. The molecule has 1 unspecified atom stereocenters. The zero-order valence-corrected chi connectivity index (χ0v) is 9.40. The van der Waals surface area contributed by atoms with Crippen LogP contribution in [0.2, 0.25) is 0 Å². The van der Waals surface area contributed by atoms with Gasteiger partial charge < -0.3 is 4.74 Å². The van der Waals surface area contributed by atoms with E-state index in [1.807, 2.05) is 0 Å². The fourth-order valence-electron chi connectivity index (χ4n) is 1.59. The summed E-state index contributed by atoms with van der Waals surface area (Å²) in [5.41, 5.74) is 0.388. The second-order valence-electron chi connectivity index (χ2n) is 4.96. The molecule has 0 rings (SSSR count). The molecule has 0 amide bonds. The van der Waals surface area contributed by atoms with Crippen molar-refractivity contribution in [1.82, 2.24) is 0 Å². The first-order valence-electron chi connectivity index (χ1n) is 5.09. The van der Waals surface area contributed by atoms with Crippen LogP contribution < -0.4 is 0 Å². The number of alkyl halides is 1. The van der Waals surface area contributed by atoms with Gasteiger partial charge in [-0.1, -0.05) is 27.7 Å². The highest BCUT2D eigenvalue weighted by molar-refractivity contribution is 4.65. The molecule has 0 fully saturated rings. The number of halogens is 1. The minimum absolute atomic E-state index is 0.252. The molecule has 0 aliphatic carbocycles. The van der Waals surface area contributed by atoms with Gasteiger partial charge in [-0.25, -0.2) is 4.39 Å². The molecule has 0 aromatic heterocycles. The summed E-state index contributed by atoms with van der Waals surface area (Å²) < 4.78 is 16.8. The summed E-state index contributed by atoms with van der Waals surface area (Å²) in [7, 11) is 0. The Morgan fingerprint density at radius 2 is 1.85 bits per heavy atom. The van der Waals surface area contributed by atoms with Gasteiger partial charge in [-0.3, -0.25) is 0 Å². The third-order valence-corrected chi connectivity index (χ3v) is 1.94. The SMILES string of the molecule is CC(CCOCCF)CC(C)(C)C. The first-order valence-corrected chi connectivity index (χ1v) is 5.09. The highest BCUT2D eigenvalue weighted by Crippen LogP contribution is 2.25. The van der Waals surface area contributed by atoms with E-state index in [1.165, 1.54) is 6.42 Å². The largest absolute Gasteiger partial charge is 0.379 e. The van der Waals surface area contributed by atoms with Crippen LogP contribution in [0.1, 0.15) is 40.5 Å². The molecule has 0 aromatic rings. The molecule has 2 heteroatoms. The van der Waals surface area contributed by atoms with Crippen LogP contribution in [0.3, 0.4) is 0 Å². The maximum absolute atomic E-state index is 11.7. The lowest BCUT2D eigenvalue weighted by Crippen LogP contribution is -2.13. The third-order valence-electron chi connectivity index (χ3n) is 1.94. The quantitative estimate of drug-likeness (QED) is 0.583. The molecule has 0 saturated heterocycles. The van der Waals surface area contributed by atoms with Crippen molar-refractivity contribution in [2.45, 2.75) is 40.5 Å². The average Bonchev–Trinajstić information content (AvgIpc) is 1.94. The first-order chi connectivity index (χ1) is 5.95. The van der Waals surface area contributed by atoms with Crippen LogP contribution in [-0.2, 0) is 4.74 Å². The van der Waals surface area contributed by atoms with Gasteiger partial charge in [-0.15, -0.1) is 0 Å². The Kier molecular flexibility index (Phi) is 6.31. The Morgan fingerprint density at radius 1 is 1.23 bits per heavy atom. The highest BCUT2D eigenvalue weighted by Gasteiger charge is 2.14. The molecule has 0 radical (unpaired) electrons. The van der Waals surface area contributed by atoms with Crippen molar-refractivity contribution >= 4 is 0 Å². The van der Waals surface area contributed by atoms with Gasteiger partial charge in [0.2, 0.25) is 0 Å². The van der Waals surface area contributed by atoms with Crippen molar-refractivity contribution in [2.24, 2.45) is 11.3 Å². The molecule has 1 atom stereocenters. The van der Waals surface area contributed by atoms with E-state index in [0.717, 1.165) is 6.42 Å². The Balaban J connectivity index is 3.35. The van der Waals surface area contributed by atoms with E-state index in [2.05, 4.69) is 27.7 Å². The van der Waals surface area contributed by atoms with Crippen LogP contribution in [0, 0.1) is 11.3 Å². The topological polar surface area (TPSA) is 9.23 Å². The Morgan fingerprint density at radius 3 is 2.31 bits per heavy atom. The molecule has 0 saturated carbocycles. The molecular weight excluding hydrogens is 167 g/mol. The Bertz CT molecular complexity index is 118. The van der Waals surface area contributed by atoms with Crippen LogP contribution in [0.4, 0.5) is 4.39 Å². The third kappa shape index (κ3) is 9.81. The van der Waals surface area contributed by atoms with Crippen LogP contribution in [-0.4, -0.2) is 19.9 Å². The smallest absolute Gasteiger partial charge is 0.113 e. The molecule has 80 valence electrons. The summed E-state index contributed by atoms with van der Waals surface area (Å²) in [6.07, 6.45) is 2.24. The summed E-state index contributed by atoms with van der Waals surface area (Å²) in [5.74, 6) is 0.666. The zero-order chi connectivity index (χ0) is 10.3. The predicted molar refractivity (Wildman–Crippen MR) is 54.6 cm³/mol. The van der Waals surface area contributed by atoms with Crippen molar-refractivity contribution in [3.05, 3.63) is 0 Å². The van der Waals surface area contributed by atoms with Crippen molar-refractivity contribution in [2.75, 3.05) is 19.9 Å². The van der Waals surface area contributed by atoms with E-state index >= 15 is 0 Å². The van der Waals surface area contributed by atoms with Crippen molar-refractivity contribution < 1.29 is 9.13 Å². The fourth-order valence-corrected chi connectivity index (χ4v) is 1.59. The van der Waals surface area contributed by atoms with Gasteiger partial charge in [0.25, 0.3) is 0 Å². The van der Waals surface area contributed by atoms with Crippen LogP contribution in [0.25, 0.3) is 0 Å². The van der Waals surface area contributed by atoms with E-state index in [9.17, 15) is 4.39 Å². The predicted octanol–water partition coefficient (Wildman–Crippen LogP) is 3.43. The number of rotatable bonds is 6. The molecule has 1 nitrogen and oxygen atoms in total. The Hall–Kier alpha value is -0.110. The molecule has 0 spiro atoms. The van der Waals surface area contributed by atoms with E-state index in [-0.39, 0.29) is 13.3 Å². The van der Waals surface area contributed by atoms with E-state index in [4.69, 9.17) is 4.74 Å². The lowest BCUT2D eigenvalue weighted by Gasteiger charge is -2.22. The molecular formula is C11H23FO. The molecule has 0 aliphatic rings. The maximum atomic E-state index is 11.7. The summed E-state index contributed by atoms with van der Waals surface area (Å²) in [4.78, 5) is 0. The fraction of sp³-hybridized carbons (Fsp3) is 1.00. The van der Waals surface area contributed by atoms with Gasteiger partial charge in [-0.05, 0) is 24.2 Å². The average molecular weight is 190 g/mol. The van der Waals surface area contributed by atoms with Crippen molar-refractivity contribution in [3.8, 4) is 0 Å². The van der Waals surface area contributed by atoms with Gasteiger partial charge in [-0.2, -0.15) is 0 Å². The zero-order valence-electron chi connectivity index (χ0n) is 9.40. The highest BCUT2D eigenvalue weighted by atomic mass is 19.1.